The highest BCUT2D eigenvalue weighted by atomic mass is 16.6. The quantitative estimate of drug-likeness (QED) is 0.186. The molecule has 0 saturated heterocycles. The molecule has 2 N–H and O–H groups in total. The lowest BCUT2D eigenvalue weighted by molar-refractivity contribution is 0.154. The first-order chi connectivity index (χ1) is 20.9. The van der Waals surface area contributed by atoms with E-state index in [1.165, 1.54) is 0 Å². The SMILES string of the molecule is COc1ccc(COC(=O)Nc2ccc(Cc3ccc(NC(=O)OCc4ccc(OC)c(OC)c4)cc3)cc2)cc1OC. The molecule has 10 heteroatoms. The molecule has 224 valence electrons. The molecule has 0 heterocycles. The van der Waals surface area contributed by atoms with Gasteiger partial charge < -0.3 is 28.4 Å². The molecule has 0 radical (unpaired) electrons. The standard InChI is InChI=1S/C33H34N2O8/c1-38-28-15-9-24(18-30(28)40-3)20-42-32(36)34-26-11-5-22(6-12-26)17-23-7-13-27(14-8-23)35-33(37)43-21-25-10-16-29(39-2)31(19-25)41-4/h5-16,18-19H,17,20-21H2,1-4H3,(H,34,36)(H,35,37). The topological polar surface area (TPSA) is 114 Å². The molecule has 0 aliphatic carbocycles. The third-order valence-electron chi connectivity index (χ3n) is 6.44. The Balaban J connectivity index is 1.21. The van der Waals surface area contributed by atoms with Crippen molar-refractivity contribution < 1.29 is 38.0 Å². The number of ether oxygens (including phenoxy) is 6. The van der Waals surface area contributed by atoms with Crippen molar-refractivity contribution in [1.82, 2.24) is 0 Å². The Morgan fingerprint density at radius 1 is 0.488 bits per heavy atom. The van der Waals surface area contributed by atoms with E-state index < -0.39 is 12.2 Å². The molecule has 0 fully saturated rings. The smallest absolute Gasteiger partial charge is 0.411 e. The molecule has 0 aliphatic heterocycles. The molecule has 4 aromatic carbocycles. The molecule has 0 spiro atoms. The minimum absolute atomic E-state index is 0.0880. The van der Waals surface area contributed by atoms with E-state index in [1.807, 2.05) is 48.5 Å². The van der Waals surface area contributed by atoms with Gasteiger partial charge in [0, 0.05) is 11.4 Å². The number of benzene rings is 4. The summed E-state index contributed by atoms with van der Waals surface area (Å²) in [5.41, 5.74) is 4.89. The lowest BCUT2D eigenvalue weighted by Gasteiger charge is -2.11. The molecule has 0 unspecified atom stereocenters. The average molecular weight is 587 g/mol. The van der Waals surface area contributed by atoms with Crippen LogP contribution in [0.15, 0.2) is 84.9 Å². The van der Waals surface area contributed by atoms with E-state index in [0.29, 0.717) is 40.8 Å². The van der Waals surface area contributed by atoms with E-state index in [-0.39, 0.29) is 13.2 Å². The maximum Gasteiger partial charge on any atom is 0.411 e. The summed E-state index contributed by atoms with van der Waals surface area (Å²) in [6.07, 6.45) is -0.450. The van der Waals surface area contributed by atoms with E-state index in [2.05, 4.69) is 10.6 Å². The summed E-state index contributed by atoms with van der Waals surface area (Å²) in [5.74, 6) is 2.34. The molecule has 10 nitrogen and oxygen atoms in total. The minimum Gasteiger partial charge on any atom is -0.493 e. The molecule has 0 bridgehead atoms. The highest BCUT2D eigenvalue weighted by Gasteiger charge is 2.10. The number of amides is 2. The first kappa shape index (κ1) is 30.6. The van der Waals surface area contributed by atoms with Gasteiger partial charge in [0.2, 0.25) is 0 Å². The van der Waals surface area contributed by atoms with Gasteiger partial charge in [0.1, 0.15) is 13.2 Å². The Labute approximate surface area is 250 Å². The highest BCUT2D eigenvalue weighted by Crippen LogP contribution is 2.29. The molecule has 0 atom stereocenters. The monoisotopic (exact) mass is 586 g/mol. The third kappa shape index (κ3) is 8.80. The van der Waals surface area contributed by atoms with Crippen molar-refractivity contribution in [2.75, 3.05) is 39.1 Å². The van der Waals surface area contributed by atoms with Crippen molar-refractivity contribution in [3.8, 4) is 23.0 Å². The number of methoxy groups -OCH3 is 4. The van der Waals surface area contributed by atoms with Crippen molar-refractivity contribution in [1.29, 1.82) is 0 Å². The predicted octanol–water partition coefficient (Wildman–Crippen LogP) is 6.81. The van der Waals surface area contributed by atoms with Gasteiger partial charge in [-0.25, -0.2) is 9.59 Å². The van der Waals surface area contributed by atoms with E-state index in [4.69, 9.17) is 28.4 Å². The Kier molecular flexibility index (Phi) is 10.7. The fourth-order valence-corrected chi connectivity index (χ4v) is 4.19. The van der Waals surface area contributed by atoms with Gasteiger partial charge in [-0.05, 0) is 77.2 Å². The maximum atomic E-state index is 12.3. The van der Waals surface area contributed by atoms with Crippen molar-refractivity contribution in [3.05, 3.63) is 107 Å². The van der Waals surface area contributed by atoms with Crippen LogP contribution in [0.4, 0.5) is 21.0 Å². The summed E-state index contributed by atoms with van der Waals surface area (Å²) in [4.78, 5) is 24.5. The Morgan fingerprint density at radius 3 is 1.19 bits per heavy atom. The van der Waals surface area contributed by atoms with Gasteiger partial charge in [-0.2, -0.15) is 0 Å². The van der Waals surface area contributed by atoms with Crippen molar-refractivity contribution in [2.45, 2.75) is 19.6 Å². The van der Waals surface area contributed by atoms with Gasteiger partial charge in [0.05, 0.1) is 28.4 Å². The van der Waals surface area contributed by atoms with Gasteiger partial charge in [-0.3, -0.25) is 10.6 Å². The fourth-order valence-electron chi connectivity index (χ4n) is 4.19. The van der Waals surface area contributed by atoms with Crippen molar-refractivity contribution in [2.24, 2.45) is 0 Å². The molecule has 43 heavy (non-hydrogen) atoms. The Morgan fingerprint density at radius 2 is 0.837 bits per heavy atom. The number of carbonyl (C=O) groups excluding carboxylic acids is 2. The van der Waals surface area contributed by atoms with Crippen LogP contribution in [0.2, 0.25) is 0 Å². The average Bonchev–Trinajstić information content (AvgIpc) is 3.04. The van der Waals surface area contributed by atoms with E-state index in [1.54, 1.807) is 64.8 Å². The summed E-state index contributed by atoms with van der Waals surface area (Å²) in [6.45, 7) is 0.176. The zero-order valence-corrected chi connectivity index (χ0v) is 24.5. The number of carbonyl (C=O) groups is 2. The van der Waals surface area contributed by atoms with Crippen LogP contribution in [0.25, 0.3) is 0 Å². The van der Waals surface area contributed by atoms with Gasteiger partial charge in [0.25, 0.3) is 0 Å². The van der Waals surface area contributed by atoms with Crippen LogP contribution < -0.4 is 29.6 Å². The van der Waals surface area contributed by atoms with Crippen LogP contribution in [0, 0.1) is 0 Å². The van der Waals surface area contributed by atoms with E-state index >= 15 is 0 Å². The van der Waals surface area contributed by atoms with Crippen LogP contribution >= 0.6 is 0 Å². The van der Waals surface area contributed by atoms with Crippen LogP contribution in [-0.2, 0) is 29.1 Å². The molecular formula is C33H34N2O8. The van der Waals surface area contributed by atoms with Gasteiger partial charge in [-0.15, -0.1) is 0 Å². The first-order valence-corrected chi connectivity index (χ1v) is 13.4. The highest BCUT2D eigenvalue weighted by molar-refractivity contribution is 5.85. The molecule has 4 aromatic rings. The number of nitrogens with one attached hydrogen (secondary N) is 2. The largest absolute Gasteiger partial charge is 0.493 e. The normalized spacial score (nSPS) is 10.3. The molecule has 2 amide bonds. The zero-order chi connectivity index (χ0) is 30.6. The van der Waals surface area contributed by atoms with Gasteiger partial charge in [-0.1, -0.05) is 36.4 Å². The molecule has 4 rings (SSSR count). The van der Waals surface area contributed by atoms with Gasteiger partial charge >= 0.3 is 12.2 Å². The number of hydrogen-bond donors (Lipinski definition) is 2. The van der Waals surface area contributed by atoms with Crippen molar-refractivity contribution in [3.63, 3.8) is 0 Å². The lowest BCUT2D eigenvalue weighted by atomic mass is 10.0. The van der Waals surface area contributed by atoms with Crippen LogP contribution in [0.5, 0.6) is 23.0 Å². The number of hydrogen-bond acceptors (Lipinski definition) is 8. The second-order valence-electron chi connectivity index (χ2n) is 9.35. The van der Waals surface area contributed by atoms with Gasteiger partial charge in [0.15, 0.2) is 23.0 Å². The third-order valence-corrected chi connectivity index (χ3v) is 6.44. The Hall–Kier alpha value is -5.38. The molecule has 0 aromatic heterocycles. The van der Waals surface area contributed by atoms with Crippen LogP contribution in [0.1, 0.15) is 22.3 Å². The second kappa shape index (κ2) is 15.0. The van der Waals surface area contributed by atoms with Crippen molar-refractivity contribution >= 4 is 23.6 Å². The van der Waals surface area contributed by atoms with Crippen LogP contribution in [0.3, 0.4) is 0 Å². The minimum atomic E-state index is -0.562. The summed E-state index contributed by atoms with van der Waals surface area (Å²) < 4.78 is 31.7. The van der Waals surface area contributed by atoms with Crippen LogP contribution in [-0.4, -0.2) is 40.6 Å². The predicted molar refractivity (Wildman–Crippen MR) is 162 cm³/mol. The molecule has 0 saturated carbocycles. The maximum absolute atomic E-state index is 12.3. The second-order valence-corrected chi connectivity index (χ2v) is 9.35. The summed E-state index contributed by atoms with van der Waals surface area (Å²) in [6, 6.07) is 25.6. The van der Waals surface area contributed by atoms with E-state index in [9.17, 15) is 9.59 Å². The fraction of sp³-hybridized carbons (Fsp3) is 0.212. The summed E-state index contributed by atoms with van der Waals surface area (Å²) in [7, 11) is 6.22. The zero-order valence-electron chi connectivity index (χ0n) is 24.5. The summed E-state index contributed by atoms with van der Waals surface area (Å²) in [5, 5.41) is 5.46. The molecule has 0 aliphatic rings. The molecular weight excluding hydrogens is 552 g/mol. The Bertz CT molecular complexity index is 1410. The number of rotatable bonds is 12. The summed E-state index contributed by atoms with van der Waals surface area (Å²) >= 11 is 0. The van der Waals surface area contributed by atoms with E-state index in [0.717, 1.165) is 22.3 Å². The lowest BCUT2D eigenvalue weighted by Crippen LogP contribution is -2.13. The first-order valence-electron chi connectivity index (χ1n) is 13.4. The number of anilines is 2.